The van der Waals surface area contributed by atoms with Crippen LogP contribution in [0.15, 0.2) is 36.4 Å². The maximum Gasteiger partial charge on any atom is 0.126 e. The van der Waals surface area contributed by atoms with Gasteiger partial charge in [-0.25, -0.2) is 0 Å². The zero-order chi connectivity index (χ0) is 13.7. The maximum atomic E-state index is 5.51. The van der Waals surface area contributed by atoms with Crippen LogP contribution < -0.4 is 4.74 Å². The average molecular weight is 257 g/mol. The van der Waals surface area contributed by atoms with Crippen molar-refractivity contribution >= 4 is 10.8 Å². The molecule has 0 unspecified atom stereocenters. The van der Waals surface area contributed by atoms with E-state index in [1.54, 1.807) is 7.11 Å². The van der Waals surface area contributed by atoms with Gasteiger partial charge in [0.15, 0.2) is 0 Å². The minimum absolute atomic E-state index is 0.978. The highest BCUT2D eigenvalue weighted by atomic mass is 16.5. The lowest BCUT2D eigenvalue weighted by molar-refractivity contribution is 0.339. The molecule has 2 rings (SSSR count). The lowest BCUT2D eigenvalue weighted by Gasteiger charge is -2.17. The fourth-order valence-corrected chi connectivity index (χ4v) is 2.57. The van der Waals surface area contributed by atoms with Crippen LogP contribution in [0.4, 0.5) is 0 Å². The minimum Gasteiger partial charge on any atom is -0.496 e. The Hall–Kier alpha value is -1.54. The number of methoxy groups -OCH3 is 1. The Bertz CT molecular complexity index is 531. The molecule has 0 aromatic heterocycles. The summed E-state index contributed by atoms with van der Waals surface area (Å²) in [6.45, 7) is 4.46. The lowest BCUT2D eigenvalue weighted by Crippen LogP contribution is -2.21. The summed E-state index contributed by atoms with van der Waals surface area (Å²) in [5.74, 6) is 0.978. The van der Waals surface area contributed by atoms with E-state index in [-0.39, 0.29) is 0 Å². The Labute approximate surface area is 116 Å². The molecule has 0 N–H and O–H groups in total. The van der Waals surface area contributed by atoms with Crippen LogP contribution in [0.25, 0.3) is 10.8 Å². The fourth-order valence-electron chi connectivity index (χ4n) is 2.57. The summed E-state index contributed by atoms with van der Waals surface area (Å²) >= 11 is 0. The topological polar surface area (TPSA) is 12.5 Å². The van der Waals surface area contributed by atoms with E-state index in [0.717, 1.165) is 25.3 Å². The number of benzene rings is 2. The minimum atomic E-state index is 0.978. The molecule has 2 aromatic carbocycles. The van der Waals surface area contributed by atoms with Gasteiger partial charge in [-0.15, -0.1) is 0 Å². The summed E-state index contributed by atoms with van der Waals surface area (Å²) in [6.07, 6.45) is 2.27. The largest absolute Gasteiger partial charge is 0.496 e. The number of likely N-dealkylation sites (N-methyl/N-ethyl adjacent to an activating group) is 1. The summed E-state index contributed by atoms with van der Waals surface area (Å²) in [6, 6.07) is 12.7. The van der Waals surface area contributed by atoms with Crippen LogP contribution in [0.5, 0.6) is 5.75 Å². The van der Waals surface area contributed by atoms with Gasteiger partial charge in [-0.3, -0.25) is 0 Å². The van der Waals surface area contributed by atoms with Crippen LogP contribution in [0, 0.1) is 0 Å². The first-order valence-corrected chi connectivity index (χ1v) is 6.99. The van der Waals surface area contributed by atoms with Gasteiger partial charge in [0, 0.05) is 11.9 Å². The molecule has 2 aromatic rings. The second kappa shape index (κ2) is 6.58. The van der Waals surface area contributed by atoms with E-state index in [1.165, 1.54) is 22.8 Å². The zero-order valence-corrected chi connectivity index (χ0v) is 12.1. The van der Waals surface area contributed by atoms with Gasteiger partial charge >= 0.3 is 0 Å². The molecule has 0 atom stereocenters. The van der Waals surface area contributed by atoms with E-state index in [2.05, 4.69) is 43.1 Å². The van der Waals surface area contributed by atoms with E-state index in [0.29, 0.717) is 0 Å². The fraction of sp³-hybridized carbons (Fsp3) is 0.412. The molecule has 19 heavy (non-hydrogen) atoms. The molecule has 0 spiro atoms. The van der Waals surface area contributed by atoms with Crippen molar-refractivity contribution in [2.45, 2.75) is 19.8 Å². The van der Waals surface area contributed by atoms with Crippen LogP contribution >= 0.6 is 0 Å². The summed E-state index contributed by atoms with van der Waals surface area (Å²) in [4.78, 5) is 2.38. The van der Waals surface area contributed by atoms with Gasteiger partial charge in [0.2, 0.25) is 0 Å². The third-order valence-corrected chi connectivity index (χ3v) is 3.54. The standard InChI is InChI=1S/C17H23NO/c1-4-12-18(2)13-11-15-8-5-7-14-9-6-10-16(19-3)17(14)15/h5-10H,4,11-13H2,1-3H3. The van der Waals surface area contributed by atoms with Gasteiger partial charge in [-0.1, -0.05) is 37.3 Å². The van der Waals surface area contributed by atoms with Gasteiger partial charge in [-0.2, -0.15) is 0 Å². The van der Waals surface area contributed by atoms with Crippen molar-refractivity contribution in [3.63, 3.8) is 0 Å². The average Bonchev–Trinajstić information content (AvgIpc) is 2.44. The van der Waals surface area contributed by atoms with Crippen LogP contribution in [-0.2, 0) is 6.42 Å². The molecular formula is C17H23NO. The van der Waals surface area contributed by atoms with E-state index < -0.39 is 0 Å². The molecule has 0 aliphatic carbocycles. The lowest BCUT2D eigenvalue weighted by atomic mass is 10.0. The van der Waals surface area contributed by atoms with Crippen molar-refractivity contribution in [3.05, 3.63) is 42.0 Å². The third kappa shape index (κ3) is 3.27. The van der Waals surface area contributed by atoms with E-state index in [4.69, 9.17) is 4.74 Å². The Kier molecular flexibility index (Phi) is 4.80. The highest BCUT2D eigenvalue weighted by molar-refractivity contribution is 5.91. The first kappa shape index (κ1) is 13.9. The van der Waals surface area contributed by atoms with Crippen molar-refractivity contribution in [1.29, 1.82) is 0 Å². The first-order chi connectivity index (χ1) is 9.26. The Morgan fingerprint density at radius 2 is 1.79 bits per heavy atom. The summed E-state index contributed by atoms with van der Waals surface area (Å²) in [5, 5.41) is 2.52. The van der Waals surface area contributed by atoms with Crippen molar-refractivity contribution < 1.29 is 4.74 Å². The third-order valence-electron chi connectivity index (χ3n) is 3.54. The molecule has 0 saturated heterocycles. The van der Waals surface area contributed by atoms with Gasteiger partial charge < -0.3 is 9.64 Å². The summed E-state index contributed by atoms with van der Waals surface area (Å²) in [5.41, 5.74) is 1.37. The molecule has 0 fully saturated rings. The molecule has 102 valence electrons. The monoisotopic (exact) mass is 257 g/mol. The normalized spacial score (nSPS) is 11.2. The van der Waals surface area contributed by atoms with E-state index >= 15 is 0 Å². The number of hydrogen-bond acceptors (Lipinski definition) is 2. The van der Waals surface area contributed by atoms with E-state index in [9.17, 15) is 0 Å². The van der Waals surface area contributed by atoms with Crippen LogP contribution in [0.1, 0.15) is 18.9 Å². The molecule has 0 aliphatic heterocycles. The second-order valence-corrected chi connectivity index (χ2v) is 5.03. The zero-order valence-electron chi connectivity index (χ0n) is 12.1. The second-order valence-electron chi connectivity index (χ2n) is 5.03. The Morgan fingerprint density at radius 3 is 2.47 bits per heavy atom. The number of rotatable bonds is 6. The highest BCUT2D eigenvalue weighted by Crippen LogP contribution is 2.29. The van der Waals surface area contributed by atoms with Crippen molar-refractivity contribution in [2.24, 2.45) is 0 Å². The molecule has 0 amide bonds. The number of fused-ring (bicyclic) bond motifs is 1. The van der Waals surface area contributed by atoms with Gasteiger partial charge in [0.05, 0.1) is 7.11 Å². The van der Waals surface area contributed by atoms with Crippen LogP contribution in [-0.4, -0.2) is 32.1 Å². The van der Waals surface area contributed by atoms with Crippen LogP contribution in [0.2, 0.25) is 0 Å². The predicted octanol–water partition coefficient (Wildman–Crippen LogP) is 3.73. The number of ether oxygens (including phenoxy) is 1. The van der Waals surface area contributed by atoms with Gasteiger partial charge in [-0.05, 0) is 43.5 Å². The van der Waals surface area contributed by atoms with Crippen molar-refractivity contribution in [1.82, 2.24) is 4.90 Å². The first-order valence-electron chi connectivity index (χ1n) is 6.99. The van der Waals surface area contributed by atoms with Crippen molar-refractivity contribution in [3.8, 4) is 5.75 Å². The molecule has 0 heterocycles. The predicted molar refractivity (Wildman–Crippen MR) is 82.0 cm³/mol. The van der Waals surface area contributed by atoms with Gasteiger partial charge in [0.25, 0.3) is 0 Å². The smallest absolute Gasteiger partial charge is 0.126 e. The van der Waals surface area contributed by atoms with Crippen molar-refractivity contribution in [2.75, 3.05) is 27.2 Å². The molecule has 0 saturated carbocycles. The maximum absolute atomic E-state index is 5.51. The molecule has 0 radical (unpaired) electrons. The molecule has 0 bridgehead atoms. The summed E-state index contributed by atoms with van der Waals surface area (Å²) < 4.78 is 5.51. The Morgan fingerprint density at radius 1 is 1.05 bits per heavy atom. The molecule has 2 heteroatoms. The SMILES string of the molecule is CCCN(C)CCc1cccc2cccc(OC)c12. The molecular weight excluding hydrogens is 234 g/mol. The number of hydrogen-bond donors (Lipinski definition) is 0. The highest BCUT2D eigenvalue weighted by Gasteiger charge is 2.07. The van der Waals surface area contributed by atoms with Gasteiger partial charge in [0.1, 0.15) is 5.75 Å². The van der Waals surface area contributed by atoms with Crippen LogP contribution in [0.3, 0.4) is 0 Å². The quantitative estimate of drug-likeness (QED) is 0.781. The van der Waals surface area contributed by atoms with E-state index in [1.807, 2.05) is 12.1 Å². The Balaban J connectivity index is 2.27. The molecule has 2 nitrogen and oxygen atoms in total. The number of nitrogens with zero attached hydrogens (tertiary/aromatic N) is 1. The molecule has 0 aliphatic rings. The summed E-state index contributed by atoms with van der Waals surface area (Å²) in [7, 11) is 3.93.